The molecule has 0 saturated carbocycles. The van der Waals surface area contributed by atoms with Crippen LogP contribution in [0, 0.1) is 6.92 Å². The van der Waals surface area contributed by atoms with E-state index >= 15 is 0 Å². The van der Waals surface area contributed by atoms with Crippen LogP contribution >= 0.6 is 0 Å². The van der Waals surface area contributed by atoms with E-state index in [0.29, 0.717) is 33.9 Å². The number of benzene rings is 2. The van der Waals surface area contributed by atoms with E-state index in [9.17, 15) is 13.2 Å². The molecule has 0 amide bonds. The van der Waals surface area contributed by atoms with Crippen molar-refractivity contribution in [2.45, 2.75) is 32.0 Å². The van der Waals surface area contributed by atoms with E-state index < -0.39 is 11.8 Å². The highest BCUT2D eigenvalue weighted by molar-refractivity contribution is 5.89. The Hall–Kier alpha value is -2.80. The fourth-order valence-corrected chi connectivity index (χ4v) is 4.01. The third kappa shape index (κ3) is 2.46. The van der Waals surface area contributed by atoms with Crippen LogP contribution in [-0.2, 0) is 16.8 Å². The largest absolute Gasteiger partial charge is 0.429 e. The maximum Gasteiger partial charge on any atom is 0.429 e. The Morgan fingerprint density at radius 3 is 2.54 bits per heavy atom. The van der Waals surface area contributed by atoms with Gasteiger partial charge in [-0.15, -0.1) is 0 Å². The summed E-state index contributed by atoms with van der Waals surface area (Å²) in [7, 11) is 1.08. The minimum atomic E-state index is -4.74. The van der Waals surface area contributed by atoms with Gasteiger partial charge in [0.25, 0.3) is 0 Å². The monoisotopic (exact) mass is 387 g/mol. The number of methoxy groups -OCH3 is 1. The lowest BCUT2D eigenvalue weighted by molar-refractivity contribution is -0.260. The molecular weight excluding hydrogens is 367 g/mol. The molecule has 0 aliphatic heterocycles. The van der Waals surface area contributed by atoms with Gasteiger partial charge in [0, 0.05) is 29.8 Å². The molecule has 0 radical (unpaired) electrons. The number of imidazole rings is 1. The number of aromatic amines is 2. The summed E-state index contributed by atoms with van der Waals surface area (Å²) in [4.78, 5) is 10.2. The predicted octanol–water partition coefficient (Wildman–Crippen LogP) is 5.37. The zero-order valence-electron chi connectivity index (χ0n) is 15.7. The molecule has 7 heteroatoms. The molecule has 1 atom stereocenters. The number of H-pyrrole nitrogens is 2. The average Bonchev–Trinajstić information content (AvgIpc) is 3.30. The maximum atomic E-state index is 14.7. The quantitative estimate of drug-likeness (QED) is 0.495. The molecule has 4 rings (SSSR count). The summed E-state index contributed by atoms with van der Waals surface area (Å²) in [5.74, 6) is -0.273. The van der Waals surface area contributed by atoms with Crippen molar-refractivity contribution in [1.29, 1.82) is 0 Å². The van der Waals surface area contributed by atoms with Crippen LogP contribution in [0.25, 0.3) is 21.9 Å². The molecule has 0 fully saturated rings. The van der Waals surface area contributed by atoms with Gasteiger partial charge in [0.1, 0.15) is 0 Å². The van der Waals surface area contributed by atoms with Crippen LogP contribution in [-0.4, -0.2) is 28.2 Å². The lowest BCUT2D eigenvalue weighted by Crippen LogP contribution is -2.47. The molecule has 2 N–H and O–H groups in total. The SMILES string of the molecule is CCc1cc(C)c2[nH]ccc2c1C(OC)(c1nc2ccccc2[nH]1)C(F)(F)F. The Morgan fingerprint density at radius 2 is 1.89 bits per heavy atom. The number of hydrogen-bond donors (Lipinski definition) is 2. The first-order chi connectivity index (χ1) is 13.3. The number of nitrogens with zero attached hydrogens (tertiary/aromatic N) is 1. The smallest absolute Gasteiger partial charge is 0.361 e. The van der Waals surface area contributed by atoms with Gasteiger partial charge in [0.2, 0.25) is 5.60 Å². The summed E-state index contributed by atoms with van der Waals surface area (Å²) in [5, 5.41) is 0.483. The molecule has 2 heterocycles. The van der Waals surface area contributed by atoms with Gasteiger partial charge in [0.15, 0.2) is 5.82 Å². The van der Waals surface area contributed by atoms with Gasteiger partial charge in [-0.25, -0.2) is 4.98 Å². The van der Waals surface area contributed by atoms with E-state index in [-0.39, 0.29) is 11.4 Å². The van der Waals surface area contributed by atoms with E-state index in [4.69, 9.17) is 4.74 Å². The number of halogens is 3. The van der Waals surface area contributed by atoms with Gasteiger partial charge in [-0.3, -0.25) is 0 Å². The van der Waals surface area contributed by atoms with Gasteiger partial charge >= 0.3 is 6.18 Å². The first-order valence-corrected chi connectivity index (χ1v) is 9.00. The molecule has 28 heavy (non-hydrogen) atoms. The first kappa shape index (κ1) is 18.6. The summed E-state index contributed by atoms with van der Waals surface area (Å²) >= 11 is 0. The number of aromatic nitrogens is 3. The molecule has 2 aromatic heterocycles. The van der Waals surface area contributed by atoms with Gasteiger partial charge in [-0.05, 0) is 42.7 Å². The van der Waals surface area contributed by atoms with Crippen molar-refractivity contribution in [2.24, 2.45) is 0 Å². The van der Waals surface area contributed by atoms with Crippen LogP contribution in [0.5, 0.6) is 0 Å². The fraction of sp³-hybridized carbons (Fsp3) is 0.286. The molecule has 0 saturated heterocycles. The van der Waals surface area contributed by atoms with Crippen LogP contribution in [0.2, 0.25) is 0 Å². The number of ether oxygens (including phenoxy) is 1. The second-order valence-electron chi connectivity index (χ2n) is 6.83. The standard InChI is InChI=1S/C21H20F3N3O/c1-4-13-11-12(2)18-14(9-10-25-18)17(13)20(28-3,21(22,23)24)19-26-15-7-5-6-8-16(15)27-19/h5-11,25H,4H2,1-3H3,(H,26,27). The zero-order valence-corrected chi connectivity index (χ0v) is 15.7. The Bertz CT molecular complexity index is 1130. The average molecular weight is 387 g/mol. The van der Waals surface area contributed by atoms with Gasteiger partial charge in [-0.1, -0.05) is 25.1 Å². The van der Waals surface area contributed by atoms with E-state index in [1.807, 2.05) is 13.8 Å². The molecule has 0 aliphatic carbocycles. The molecular formula is C21H20F3N3O. The molecule has 146 valence electrons. The minimum Gasteiger partial charge on any atom is -0.361 e. The molecule has 4 nitrogen and oxygen atoms in total. The number of para-hydroxylation sites is 2. The highest BCUT2D eigenvalue weighted by Gasteiger charge is 2.61. The van der Waals surface area contributed by atoms with Crippen molar-refractivity contribution >= 4 is 21.9 Å². The fourth-order valence-electron chi connectivity index (χ4n) is 4.01. The van der Waals surface area contributed by atoms with Crippen molar-refractivity contribution in [3.63, 3.8) is 0 Å². The predicted molar refractivity (Wildman–Crippen MR) is 102 cm³/mol. The molecule has 0 aliphatic rings. The number of hydrogen-bond acceptors (Lipinski definition) is 2. The Morgan fingerprint density at radius 1 is 1.14 bits per heavy atom. The normalized spacial score (nSPS) is 14.6. The van der Waals surface area contributed by atoms with Gasteiger partial charge < -0.3 is 14.7 Å². The zero-order chi connectivity index (χ0) is 20.1. The lowest BCUT2D eigenvalue weighted by Gasteiger charge is -2.35. The molecule has 0 spiro atoms. The Kier molecular flexibility index (Phi) is 4.23. The van der Waals surface area contributed by atoms with Crippen molar-refractivity contribution in [2.75, 3.05) is 7.11 Å². The minimum absolute atomic E-state index is 0.0749. The van der Waals surface area contributed by atoms with Crippen LogP contribution in [0.4, 0.5) is 13.2 Å². The van der Waals surface area contributed by atoms with Gasteiger partial charge in [0.05, 0.1) is 11.0 Å². The Labute approximate surface area is 159 Å². The summed E-state index contributed by atoms with van der Waals surface area (Å²) in [5.41, 5.74) is 0.463. The van der Waals surface area contributed by atoms with E-state index in [1.165, 1.54) is 0 Å². The lowest BCUT2D eigenvalue weighted by atomic mass is 9.83. The highest BCUT2D eigenvalue weighted by Crippen LogP contribution is 2.50. The molecule has 1 unspecified atom stereocenters. The topological polar surface area (TPSA) is 53.7 Å². The van der Waals surface area contributed by atoms with Crippen molar-refractivity contribution in [1.82, 2.24) is 15.0 Å². The van der Waals surface area contributed by atoms with Crippen molar-refractivity contribution in [3.8, 4) is 0 Å². The van der Waals surface area contributed by atoms with E-state index in [2.05, 4.69) is 15.0 Å². The number of nitrogens with one attached hydrogen (secondary N) is 2. The second-order valence-corrected chi connectivity index (χ2v) is 6.83. The number of alkyl halides is 3. The Balaban J connectivity index is 2.15. The molecule has 4 aromatic rings. The van der Waals surface area contributed by atoms with Crippen LogP contribution in [0.15, 0.2) is 42.6 Å². The van der Waals surface area contributed by atoms with Crippen LogP contribution in [0.3, 0.4) is 0 Å². The maximum absolute atomic E-state index is 14.7. The molecule has 2 aromatic carbocycles. The number of aryl methyl sites for hydroxylation is 2. The summed E-state index contributed by atoms with van der Waals surface area (Å²) in [6.07, 6.45) is -2.66. The summed E-state index contributed by atoms with van der Waals surface area (Å²) in [6, 6.07) is 10.3. The second kappa shape index (κ2) is 6.38. The van der Waals surface area contributed by atoms with E-state index in [1.54, 1.807) is 42.6 Å². The van der Waals surface area contributed by atoms with E-state index in [0.717, 1.165) is 12.7 Å². The number of rotatable bonds is 4. The summed E-state index contributed by atoms with van der Waals surface area (Å²) < 4.78 is 49.5. The highest BCUT2D eigenvalue weighted by atomic mass is 19.4. The van der Waals surface area contributed by atoms with Crippen molar-refractivity contribution < 1.29 is 17.9 Å². The third-order valence-electron chi connectivity index (χ3n) is 5.28. The number of fused-ring (bicyclic) bond motifs is 2. The molecule has 0 bridgehead atoms. The van der Waals surface area contributed by atoms with Crippen molar-refractivity contribution in [3.05, 3.63) is 65.1 Å². The van der Waals surface area contributed by atoms with Crippen LogP contribution < -0.4 is 0 Å². The van der Waals surface area contributed by atoms with Crippen LogP contribution in [0.1, 0.15) is 29.4 Å². The third-order valence-corrected chi connectivity index (χ3v) is 5.28. The summed E-state index contributed by atoms with van der Waals surface area (Å²) in [6.45, 7) is 3.72. The first-order valence-electron chi connectivity index (χ1n) is 9.00. The van der Waals surface area contributed by atoms with Gasteiger partial charge in [-0.2, -0.15) is 13.2 Å².